The molecular weight excluding hydrogens is 334 g/mol. The summed E-state index contributed by atoms with van der Waals surface area (Å²) in [5, 5.41) is 4.81. The van der Waals surface area contributed by atoms with E-state index in [4.69, 9.17) is 34.0 Å². The van der Waals surface area contributed by atoms with Gasteiger partial charge in [-0.05, 0) is 48.6 Å². The van der Waals surface area contributed by atoms with Gasteiger partial charge in [0, 0.05) is 16.3 Å². The van der Waals surface area contributed by atoms with Crippen molar-refractivity contribution in [2.75, 3.05) is 5.73 Å². The fourth-order valence-corrected chi connectivity index (χ4v) is 2.38. The highest BCUT2D eigenvalue weighted by Gasteiger charge is 2.14. The predicted octanol–water partition coefficient (Wildman–Crippen LogP) is 3.99. The number of Topliss-reactive ketones (excluding diaryl/α,β-unsaturated/α-hetero) is 1. The van der Waals surface area contributed by atoms with E-state index in [9.17, 15) is 4.79 Å². The molecule has 0 bridgehead atoms. The van der Waals surface area contributed by atoms with Crippen molar-refractivity contribution in [3.8, 4) is 11.5 Å². The second-order valence-electron chi connectivity index (χ2n) is 4.85. The molecule has 1 heterocycles. The molecular formula is C16H12ClN3O2S. The van der Waals surface area contributed by atoms with Crippen LogP contribution < -0.4 is 5.73 Å². The zero-order chi connectivity index (χ0) is 16.4. The van der Waals surface area contributed by atoms with E-state index < -0.39 is 0 Å². The molecule has 0 amide bonds. The minimum atomic E-state index is -0.140. The van der Waals surface area contributed by atoms with Gasteiger partial charge in [-0.2, -0.15) is 0 Å². The molecule has 3 rings (SSSR count). The molecule has 0 saturated heterocycles. The molecule has 0 aliphatic carbocycles. The maximum absolute atomic E-state index is 12.3. The van der Waals surface area contributed by atoms with Gasteiger partial charge in [0.25, 0.3) is 4.84 Å². The van der Waals surface area contributed by atoms with Gasteiger partial charge in [-0.3, -0.25) is 4.79 Å². The lowest BCUT2D eigenvalue weighted by Crippen LogP contribution is -2.11. The Balaban J connectivity index is 1.87. The van der Waals surface area contributed by atoms with Gasteiger partial charge in [0.15, 0.2) is 5.78 Å². The molecule has 2 N–H and O–H groups in total. The fourth-order valence-electron chi connectivity index (χ4n) is 2.07. The van der Waals surface area contributed by atoms with Crippen molar-refractivity contribution in [2.24, 2.45) is 0 Å². The lowest BCUT2D eigenvalue weighted by atomic mass is 10.1. The summed E-state index contributed by atoms with van der Waals surface area (Å²) in [6.45, 7) is -0.0172. The first kappa shape index (κ1) is 15.5. The number of carbonyl (C=O) groups is 1. The molecule has 0 aliphatic rings. The number of hydrogen-bond acceptors (Lipinski definition) is 5. The molecule has 3 aromatic rings. The van der Waals surface area contributed by atoms with Crippen LogP contribution in [0.5, 0.6) is 0 Å². The normalized spacial score (nSPS) is 10.7. The number of benzene rings is 2. The van der Waals surface area contributed by atoms with Crippen LogP contribution in [0.25, 0.3) is 11.5 Å². The minimum Gasteiger partial charge on any atom is -0.409 e. The van der Waals surface area contributed by atoms with E-state index in [2.05, 4.69) is 5.10 Å². The van der Waals surface area contributed by atoms with Crippen molar-refractivity contribution in [2.45, 2.75) is 6.54 Å². The predicted molar refractivity (Wildman–Crippen MR) is 91.0 cm³/mol. The van der Waals surface area contributed by atoms with Gasteiger partial charge in [0.2, 0.25) is 5.89 Å². The third kappa shape index (κ3) is 3.33. The maximum atomic E-state index is 12.3. The highest BCUT2D eigenvalue weighted by atomic mass is 35.5. The van der Waals surface area contributed by atoms with E-state index >= 15 is 0 Å². The van der Waals surface area contributed by atoms with Crippen LogP contribution in [0.15, 0.2) is 52.9 Å². The quantitative estimate of drug-likeness (QED) is 0.439. The number of aromatic nitrogens is 2. The van der Waals surface area contributed by atoms with E-state index in [1.807, 2.05) is 12.1 Å². The molecule has 0 radical (unpaired) electrons. The third-order valence-electron chi connectivity index (χ3n) is 3.26. The number of carbonyl (C=O) groups excluding carboxylic acids is 1. The van der Waals surface area contributed by atoms with E-state index in [0.29, 0.717) is 21.8 Å². The largest absolute Gasteiger partial charge is 0.409 e. The topological polar surface area (TPSA) is 74.0 Å². The summed E-state index contributed by atoms with van der Waals surface area (Å²) in [6, 6.07) is 13.8. The van der Waals surface area contributed by atoms with Gasteiger partial charge in [0.05, 0.1) is 5.56 Å². The smallest absolute Gasteiger partial charge is 0.287 e. The second kappa shape index (κ2) is 6.36. The van der Waals surface area contributed by atoms with Crippen LogP contribution in [-0.2, 0) is 6.54 Å². The lowest BCUT2D eigenvalue weighted by molar-refractivity contribution is 0.0966. The Morgan fingerprint density at radius 2 is 1.91 bits per heavy atom. The van der Waals surface area contributed by atoms with Crippen LogP contribution in [0, 0.1) is 4.84 Å². The molecule has 0 unspecified atom stereocenters. The van der Waals surface area contributed by atoms with E-state index in [1.54, 1.807) is 36.4 Å². The van der Waals surface area contributed by atoms with Crippen LogP contribution in [0.3, 0.4) is 0 Å². The Hall–Kier alpha value is -2.44. The number of ketones is 1. The van der Waals surface area contributed by atoms with E-state index in [-0.39, 0.29) is 23.1 Å². The Bertz CT molecular complexity index is 916. The first-order valence-electron chi connectivity index (χ1n) is 6.76. The van der Waals surface area contributed by atoms with Crippen LogP contribution in [-0.4, -0.2) is 15.6 Å². The number of halogens is 1. The third-order valence-corrected chi connectivity index (χ3v) is 3.80. The number of anilines is 1. The highest BCUT2D eigenvalue weighted by molar-refractivity contribution is 7.71. The number of nitrogens with two attached hydrogens (primary N) is 1. The van der Waals surface area contributed by atoms with Gasteiger partial charge < -0.3 is 10.2 Å². The molecule has 1 aromatic heterocycles. The standard InChI is InChI=1S/C16H12ClN3O2S/c17-11-7-5-10(6-8-11)14(21)9-20-16(23)22-15(19-20)12-3-1-2-4-13(12)18/h1-8H,9,18H2. The first-order valence-corrected chi connectivity index (χ1v) is 7.55. The van der Waals surface area contributed by atoms with E-state index in [0.717, 1.165) is 0 Å². The molecule has 0 spiro atoms. The highest BCUT2D eigenvalue weighted by Crippen LogP contribution is 2.24. The van der Waals surface area contributed by atoms with Gasteiger partial charge in [0.1, 0.15) is 6.54 Å². The maximum Gasteiger partial charge on any atom is 0.287 e. The van der Waals surface area contributed by atoms with Crippen molar-refractivity contribution in [1.29, 1.82) is 0 Å². The molecule has 23 heavy (non-hydrogen) atoms. The summed E-state index contributed by atoms with van der Waals surface area (Å²) in [7, 11) is 0. The average molecular weight is 346 g/mol. The zero-order valence-corrected chi connectivity index (χ0v) is 13.5. The molecule has 116 valence electrons. The monoisotopic (exact) mass is 345 g/mol. The summed E-state index contributed by atoms with van der Waals surface area (Å²) >= 11 is 10.9. The number of para-hydroxylation sites is 1. The first-order chi connectivity index (χ1) is 11.0. The lowest BCUT2D eigenvalue weighted by Gasteiger charge is -2.01. The van der Waals surface area contributed by atoms with Crippen LogP contribution >= 0.6 is 23.8 Å². The molecule has 0 saturated carbocycles. The van der Waals surface area contributed by atoms with Gasteiger partial charge in [-0.15, -0.1) is 5.10 Å². The Kier molecular flexibility index (Phi) is 4.27. The summed E-state index contributed by atoms with van der Waals surface area (Å²) < 4.78 is 6.79. The second-order valence-corrected chi connectivity index (χ2v) is 5.63. The fraction of sp³-hybridized carbons (Fsp3) is 0.0625. The Morgan fingerprint density at radius 1 is 1.22 bits per heavy atom. The van der Waals surface area contributed by atoms with Crippen LogP contribution in [0.4, 0.5) is 5.69 Å². The van der Waals surface area contributed by atoms with Gasteiger partial charge in [-0.1, -0.05) is 23.7 Å². The minimum absolute atomic E-state index is 0.0172. The zero-order valence-electron chi connectivity index (χ0n) is 11.9. The number of nitrogens with zero attached hydrogens (tertiary/aromatic N) is 2. The number of rotatable bonds is 4. The number of nitrogen functional groups attached to an aromatic ring is 1. The summed E-state index contributed by atoms with van der Waals surface area (Å²) in [5.74, 6) is 0.149. The van der Waals surface area contributed by atoms with Crippen molar-refractivity contribution in [1.82, 2.24) is 9.78 Å². The Labute approximate surface area is 142 Å². The Morgan fingerprint density at radius 3 is 2.61 bits per heavy atom. The number of hydrogen-bond donors (Lipinski definition) is 1. The molecule has 5 nitrogen and oxygen atoms in total. The molecule has 0 fully saturated rings. The average Bonchev–Trinajstić information content (AvgIpc) is 2.89. The molecule has 0 atom stereocenters. The van der Waals surface area contributed by atoms with E-state index in [1.165, 1.54) is 4.68 Å². The summed E-state index contributed by atoms with van der Waals surface area (Å²) in [4.78, 5) is 12.4. The van der Waals surface area contributed by atoms with Gasteiger partial charge >= 0.3 is 0 Å². The summed E-state index contributed by atoms with van der Waals surface area (Å²) in [5.41, 5.74) is 7.59. The van der Waals surface area contributed by atoms with Crippen LogP contribution in [0.1, 0.15) is 10.4 Å². The molecule has 0 aliphatic heterocycles. The molecule has 7 heteroatoms. The van der Waals surface area contributed by atoms with Crippen LogP contribution in [0.2, 0.25) is 5.02 Å². The van der Waals surface area contributed by atoms with Crippen molar-refractivity contribution < 1.29 is 9.21 Å². The van der Waals surface area contributed by atoms with Crippen molar-refractivity contribution >= 4 is 35.3 Å². The molecule has 2 aromatic carbocycles. The summed E-state index contributed by atoms with van der Waals surface area (Å²) in [6.07, 6.45) is 0. The van der Waals surface area contributed by atoms with Crippen molar-refractivity contribution in [3.05, 3.63) is 64.0 Å². The van der Waals surface area contributed by atoms with Crippen molar-refractivity contribution in [3.63, 3.8) is 0 Å². The van der Waals surface area contributed by atoms with Gasteiger partial charge in [-0.25, -0.2) is 4.68 Å². The SMILES string of the molecule is Nc1ccccc1-c1nn(CC(=O)c2ccc(Cl)cc2)c(=S)o1.